The number of hydrogen-bond donors (Lipinski definition) is 2. The Kier molecular flexibility index (Phi) is 6.69. The van der Waals surface area contributed by atoms with Crippen molar-refractivity contribution in [1.82, 2.24) is 5.32 Å². The minimum Gasteiger partial charge on any atom is -0.406 e. The van der Waals surface area contributed by atoms with Gasteiger partial charge in [-0.2, -0.15) is 0 Å². The van der Waals surface area contributed by atoms with Gasteiger partial charge in [0.1, 0.15) is 5.75 Å². The fraction of sp³-hybridized carbons (Fsp3) is 0.278. The van der Waals surface area contributed by atoms with Gasteiger partial charge in [0.05, 0.1) is 15.7 Å². The first-order valence-corrected chi connectivity index (χ1v) is 10.2. The molecule has 0 bridgehead atoms. The summed E-state index contributed by atoms with van der Waals surface area (Å²) < 4.78 is 65.9. The number of nitrogens with one attached hydrogen (secondary N) is 1. The molecule has 0 saturated heterocycles. The Morgan fingerprint density at radius 2 is 1.86 bits per heavy atom. The van der Waals surface area contributed by atoms with E-state index in [0.717, 1.165) is 18.2 Å². The van der Waals surface area contributed by atoms with Crippen molar-refractivity contribution in [3.8, 4) is 5.75 Å². The predicted molar refractivity (Wildman–Crippen MR) is 102 cm³/mol. The molecule has 2 rings (SSSR count). The summed E-state index contributed by atoms with van der Waals surface area (Å²) in [5.41, 5.74) is 5.59. The normalized spacial score (nSPS) is 12.1. The van der Waals surface area contributed by atoms with Gasteiger partial charge in [-0.05, 0) is 55.8 Å². The molecule has 0 aliphatic carbocycles. The fourth-order valence-electron chi connectivity index (χ4n) is 2.42. The minimum atomic E-state index is -4.93. The van der Waals surface area contributed by atoms with Crippen LogP contribution in [0.5, 0.6) is 5.75 Å². The summed E-state index contributed by atoms with van der Waals surface area (Å²) in [5, 5.41) is 2.00. The van der Waals surface area contributed by atoms with E-state index in [1.54, 1.807) is 0 Å². The molecule has 0 saturated carbocycles. The molecule has 3 N–H and O–H groups in total. The van der Waals surface area contributed by atoms with Crippen molar-refractivity contribution >= 4 is 33.0 Å². The van der Waals surface area contributed by atoms with Gasteiger partial charge in [0.25, 0.3) is 5.91 Å². The zero-order chi connectivity index (χ0) is 22.0. The van der Waals surface area contributed by atoms with Crippen LogP contribution in [-0.2, 0) is 16.4 Å². The highest BCUT2D eigenvalue weighted by molar-refractivity contribution is 7.92. The summed E-state index contributed by atoms with van der Waals surface area (Å²) >= 11 is 5.94. The Morgan fingerprint density at radius 3 is 2.45 bits per heavy atom. The van der Waals surface area contributed by atoms with E-state index in [1.165, 1.54) is 32.0 Å². The number of anilines is 1. The highest BCUT2D eigenvalue weighted by atomic mass is 35.5. The van der Waals surface area contributed by atoms with Gasteiger partial charge in [0.2, 0.25) is 0 Å². The Hall–Kier alpha value is -2.46. The van der Waals surface area contributed by atoms with Crippen molar-refractivity contribution in [2.75, 3.05) is 5.73 Å². The van der Waals surface area contributed by atoms with Gasteiger partial charge in [-0.25, -0.2) is 8.42 Å². The van der Waals surface area contributed by atoms with Gasteiger partial charge in [-0.15, -0.1) is 13.2 Å². The van der Waals surface area contributed by atoms with E-state index >= 15 is 0 Å². The molecule has 2 aromatic carbocycles. The number of amides is 1. The quantitative estimate of drug-likeness (QED) is 0.650. The number of benzene rings is 2. The van der Waals surface area contributed by atoms with Gasteiger partial charge in [-0.3, -0.25) is 4.79 Å². The second-order valence-corrected chi connectivity index (χ2v) is 9.23. The number of sulfone groups is 1. The third-order valence-electron chi connectivity index (χ3n) is 3.89. The topological polar surface area (TPSA) is 98.5 Å². The van der Waals surface area contributed by atoms with Crippen molar-refractivity contribution in [3.05, 3.63) is 52.5 Å². The maximum absolute atomic E-state index is 12.5. The molecule has 2 aromatic rings. The third kappa shape index (κ3) is 5.77. The lowest BCUT2D eigenvalue weighted by Crippen LogP contribution is -2.26. The maximum Gasteiger partial charge on any atom is 0.573 e. The third-order valence-corrected chi connectivity index (χ3v) is 6.38. The number of nitrogens with two attached hydrogens (primary N) is 1. The monoisotopic (exact) mass is 450 g/mol. The van der Waals surface area contributed by atoms with Crippen molar-refractivity contribution < 1.29 is 31.1 Å². The highest BCUT2D eigenvalue weighted by Gasteiger charge is 2.31. The van der Waals surface area contributed by atoms with Crippen LogP contribution in [0, 0.1) is 0 Å². The first-order valence-electron chi connectivity index (χ1n) is 8.27. The van der Waals surface area contributed by atoms with Crippen molar-refractivity contribution in [3.63, 3.8) is 0 Å². The van der Waals surface area contributed by atoms with Gasteiger partial charge in [0.15, 0.2) is 9.84 Å². The standard InChI is InChI=1S/C18H18ClF3N2O4S/c1-10(2)29(26,27)16-6-3-12(19)7-11(16)9-24-17(25)14-8-13(4-5-15(14)23)28-18(20,21)22/h3-8,10H,9,23H2,1-2H3,(H,24,25). The second kappa shape index (κ2) is 8.50. The molecule has 0 atom stereocenters. The summed E-state index contributed by atoms with van der Waals surface area (Å²) in [5.74, 6) is -1.41. The molecule has 0 aliphatic rings. The smallest absolute Gasteiger partial charge is 0.406 e. The van der Waals surface area contributed by atoms with Gasteiger partial charge < -0.3 is 15.8 Å². The van der Waals surface area contributed by atoms with E-state index in [1.807, 2.05) is 0 Å². The molecule has 29 heavy (non-hydrogen) atoms. The van der Waals surface area contributed by atoms with E-state index in [-0.39, 0.29) is 33.3 Å². The Morgan fingerprint density at radius 1 is 1.21 bits per heavy atom. The summed E-state index contributed by atoms with van der Waals surface area (Å²) in [7, 11) is -3.65. The van der Waals surface area contributed by atoms with Crippen molar-refractivity contribution in [2.45, 2.75) is 36.9 Å². The molecule has 0 spiro atoms. The second-order valence-electron chi connectivity index (χ2n) is 6.33. The lowest BCUT2D eigenvalue weighted by molar-refractivity contribution is -0.274. The number of nitrogen functional groups attached to an aromatic ring is 1. The molecule has 11 heteroatoms. The number of halogens is 4. The Bertz CT molecular complexity index is 1020. The van der Waals surface area contributed by atoms with Crippen LogP contribution in [0.3, 0.4) is 0 Å². The summed E-state index contributed by atoms with van der Waals surface area (Å²) in [6.45, 7) is 2.79. The SMILES string of the molecule is CC(C)S(=O)(=O)c1ccc(Cl)cc1CNC(=O)c1cc(OC(F)(F)F)ccc1N. The molecule has 0 unspecified atom stereocenters. The summed E-state index contributed by atoms with van der Waals surface area (Å²) in [4.78, 5) is 12.4. The number of rotatable bonds is 6. The van der Waals surface area contributed by atoms with Crippen LogP contribution in [0.1, 0.15) is 29.8 Å². The van der Waals surface area contributed by atoms with Crippen molar-refractivity contribution in [2.24, 2.45) is 0 Å². The first kappa shape index (κ1) is 22.8. The molecule has 6 nitrogen and oxygen atoms in total. The van der Waals surface area contributed by atoms with Gasteiger partial charge >= 0.3 is 6.36 Å². The predicted octanol–water partition coefficient (Wildman–Crippen LogP) is 3.93. The molecule has 0 heterocycles. The average Bonchev–Trinajstić information content (AvgIpc) is 2.59. The van der Waals surface area contributed by atoms with Crippen LogP contribution in [0.4, 0.5) is 18.9 Å². The summed E-state index contributed by atoms with van der Waals surface area (Å²) in [6, 6.07) is 7.07. The first-order chi connectivity index (χ1) is 13.3. The van der Waals surface area contributed by atoms with Crippen LogP contribution in [0.2, 0.25) is 5.02 Å². The number of alkyl halides is 3. The lowest BCUT2D eigenvalue weighted by Gasteiger charge is -2.15. The van der Waals surface area contributed by atoms with Crippen molar-refractivity contribution in [1.29, 1.82) is 0 Å². The van der Waals surface area contributed by atoms with Crippen LogP contribution in [0.15, 0.2) is 41.3 Å². The van der Waals surface area contributed by atoms with E-state index in [4.69, 9.17) is 17.3 Å². The van der Waals surface area contributed by atoms with Gasteiger partial charge in [-0.1, -0.05) is 11.6 Å². The minimum absolute atomic E-state index is 0.000623. The van der Waals surface area contributed by atoms with Crippen LogP contribution in [-0.4, -0.2) is 25.9 Å². The molecule has 0 fully saturated rings. The number of carbonyl (C=O) groups excluding carboxylic acids is 1. The number of ether oxygens (including phenoxy) is 1. The van der Waals surface area contributed by atoms with E-state index in [9.17, 15) is 26.4 Å². The Labute approximate surface area is 170 Å². The fourth-order valence-corrected chi connectivity index (χ4v) is 3.87. The highest BCUT2D eigenvalue weighted by Crippen LogP contribution is 2.27. The zero-order valence-electron chi connectivity index (χ0n) is 15.4. The molecule has 0 radical (unpaired) electrons. The van der Waals surface area contributed by atoms with Gasteiger partial charge in [0, 0.05) is 17.3 Å². The summed E-state index contributed by atoms with van der Waals surface area (Å²) in [6.07, 6.45) is -4.93. The van der Waals surface area contributed by atoms with Crippen LogP contribution in [0.25, 0.3) is 0 Å². The van der Waals surface area contributed by atoms with Crippen LogP contribution >= 0.6 is 11.6 Å². The molecule has 1 amide bonds. The van der Waals surface area contributed by atoms with E-state index in [2.05, 4.69) is 10.1 Å². The van der Waals surface area contributed by atoms with E-state index < -0.39 is 33.1 Å². The van der Waals surface area contributed by atoms with Crippen LogP contribution < -0.4 is 15.8 Å². The molecule has 0 aliphatic heterocycles. The Balaban J connectivity index is 2.28. The van der Waals surface area contributed by atoms with E-state index in [0.29, 0.717) is 0 Å². The largest absolute Gasteiger partial charge is 0.573 e. The molecule has 0 aromatic heterocycles. The molecular formula is C18H18ClF3N2O4S. The zero-order valence-corrected chi connectivity index (χ0v) is 17.0. The average molecular weight is 451 g/mol. The number of carbonyl (C=O) groups is 1. The molecule has 158 valence electrons. The maximum atomic E-state index is 12.5. The number of hydrogen-bond acceptors (Lipinski definition) is 5. The lowest BCUT2D eigenvalue weighted by atomic mass is 10.1. The molecular weight excluding hydrogens is 433 g/mol.